The van der Waals surface area contributed by atoms with E-state index in [4.69, 9.17) is 0 Å². The van der Waals surface area contributed by atoms with E-state index in [-0.39, 0.29) is 29.3 Å². The van der Waals surface area contributed by atoms with Gasteiger partial charge in [-0.05, 0) is 74.6 Å². The summed E-state index contributed by atoms with van der Waals surface area (Å²) in [5, 5.41) is 13.3. The van der Waals surface area contributed by atoms with E-state index < -0.39 is 29.4 Å². The lowest BCUT2D eigenvalue weighted by Gasteiger charge is -2.32. The van der Waals surface area contributed by atoms with Crippen molar-refractivity contribution in [3.05, 3.63) is 92.5 Å². The molecule has 0 radical (unpaired) electrons. The van der Waals surface area contributed by atoms with Crippen LogP contribution in [0, 0.1) is 13.8 Å². The number of fused-ring (bicyclic) bond motifs is 1. The molecule has 0 saturated heterocycles. The van der Waals surface area contributed by atoms with Gasteiger partial charge < -0.3 is 20.0 Å². The average molecular weight is 622 g/mol. The fourth-order valence-electron chi connectivity index (χ4n) is 5.54. The van der Waals surface area contributed by atoms with E-state index in [1.165, 1.54) is 6.07 Å². The number of pyridine rings is 1. The molecule has 2 aromatic heterocycles. The number of H-pyrrole nitrogens is 1. The zero-order valence-electron chi connectivity index (χ0n) is 24.8. The maximum atomic E-state index is 13.6. The highest BCUT2D eigenvalue weighted by Gasteiger charge is 2.71. The minimum absolute atomic E-state index is 0.0453. The van der Waals surface area contributed by atoms with Crippen molar-refractivity contribution in [2.45, 2.75) is 78.0 Å². The third-order valence-electron chi connectivity index (χ3n) is 7.80. The lowest BCUT2D eigenvalue weighted by Crippen LogP contribution is -2.53. The fraction of sp³-hybridized carbons (Fsp3) is 0.375. The number of amides is 1. The molecular weight excluding hydrogens is 588 g/mol. The van der Waals surface area contributed by atoms with Crippen molar-refractivity contribution in [2.24, 2.45) is 0 Å². The van der Waals surface area contributed by atoms with Crippen LogP contribution in [-0.4, -0.2) is 32.9 Å². The third-order valence-corrected chi connectivity index (χ3v) is 7.80. The van der Waals surface area contributed by atoms with Gasteiger partial charge in [-0.25, -0.2) is 0 Å². The highest BCUT2D eigenvalue weighted by molar-refractivity contribution is 6.06. The molecule has 2 aromatic carbocycles. The average Bonchev–Trinajstić information content (AvgIpc) is 3.37. The van der Waals surface area contributed by atoms with Gasteiger partial charge in [0.25, 0.3) is 17.1 Å². The molecule has 0 aliphatic rings. The highest BCUT2D eigenvalue weighted by atomic mass is 19.4. The third kappa shape index (κ3) is 5.74. The van der Waals surface area contributed by atoms with Crippen molar-refractivity contribution in [3.8, 4) is 11.1 Å². The zero-order chi connectivity index (χ0) is 32.8. The Morgan fingerprint density at radius 3 is 2.16 bits per heavy atom. The summed E-state index contributed by atoms with van der Waals surface area (Å²) in [6, 6.07) is 8.38. The maximum Gasteiger partial charge on any atom is 0.430 e. The Kier molecular flexibility index (Phi) is 8.80. The van der Waals surface area contributed by atoms with Crippen molar-refractivity contribution in [1.82, 2.24) is 14.9 Å². The molecule has 4 rings (SSSR count). The second-order valence-electron chi connectivity index (χ2n) is 11.2. The normalized spacial score (nSPS) is 12.8. The van der Waals surface area contributed by atoms with Gasteiger partial charge in [0.05, 0.1) is 5.52 Å². The molecule has 0 unspecified atom stereocenters. The van der Waals surface area contributed by atoms with E-state index in [0.29, 0.717) is 51.8 Å². The number of rotatable bonds is 8. The number of nitrogens with one attached hydrogen (secondary N) is 2. The number of aromatic nitrogens is 2. The summed E-state index contributed by atoms with van der Waals surface area (Å²) in [6.45, 7) is 9.29. The molecule has 0 bridgehead atoms. The van der Waals surface area contributed by atoms with Gasteiger partial charge in [-0.3, -0.25) is 9.59 Å². The first-order chi connectivity index (χ1) is 20.4. The molecule has 0 aliphatic heterocycles. The Balaban J connectivity index is 1.82. The van der Waals surface area contributed by atoms with Crippen molar-refractivity contribution in [2.75, 3.05) is 0 Å². The Bertz CT molecular complexity index is 1730. The van der Waals surface area contributed by atoms with Gasteiger partial charge in [0.1, 0.15) is 0 Å². The van der Waals surface area contributed by atoms with Gasteiger partial charge in [-0.1, -0.05) is 37.6 Å². The lowest BCUT2D eigenvalue weighted by molar-refractivity contribution is -0.376. The van der Waals surface area contributed by atoms with E-state index in [2.05, 4.69) is 10.3 Å². The van der Waals surface area contributed by atoms with Crippen molar-refractivity contribution in [3.63, 3.8) is 0 Å². The molecular formula is C32H33F6N3O3. The van der Waals surface area contributed by atoms with Crippen LogP contribution in [0.3, 0.4) is 0 Å². The van der Waals surface area contributed by atoms with Crippen LogP contribution in [0.4, 0.5) is 26.3 Å². The fourth-order valence-corrected chi connectivity index (χ4v) is 5.54. The van der Waals surface area contributed by atoms with Crippen LogP contribution < -0.4 is 10.9 Å². The number of nitrogens with zero attached hydrogens (tertiary/aromatic N) is 1. The van der Waals surface area contributed by atoms with Crippen LogP contribution in [-0.2, 0) is 18.6 Å². The van der Waals surface area contributed by atoms with Crippen LogP contribution in [0.1, 0.15) is 71.5 Å². The minimum Gasteiger partial charge on any atom is -0.369 e. The molecule has 0 aliphatic carbocycles. The summed E-state index contributed by atoms with van der Waals surface area (Å²) in [7, 11) is 0. The Labute approximate surface area is 249 Å². The predicted molar refractivity (Wildman–Crippen MR) is 155 cm³/mol. The number of carbonyl (C=O) groups is 1. The van der Waals surface area contributed by atoms with Crippen LogP contribution in [0.25, 0.3) is 22.0 Å². The van der Waals surface area contributed by atoms with Gasteiger partial charge in [0.2, 0.25) is 0 Å². The minimum atomic E-state index is -6.01. The monoisotopic (exact) mass is 621 g/mol. The molecule has 1 amide bonds. The summed E-state index contributed by atoms with van der Waals surface area (Å²) >= 11 is 0. The SMILES string of the molecule is CCCc1cc(C)[nH]c(=O)c1CNC(=O)c1cc(-c2ccc(C(O)(C(F)(F)F)C(F)(F)F)cc2)c2ccn(C(C)C)c2c1C. The first-order valence-electron chi connectivity index (χ1n) is 14.0. The van der Waals surface area contributed by atoms with Crippen LogP contribution in [0.15, 0.2) is 53.5 Å². The molecule has 0 fully saturated rings. The summed E-state index contributed by atoms with van der Waals surface area (Å²) in [4.78, 5) is 29.1. The van der Waals surface area contributed by atoms with Gasteiger partial charge >= 0.3 is 12.4 Å². The van der Waals surface area contributed by atoms with Gasteiger partial charge in [-0.15, -0.1) is 0 Å². The predicted octanol–water partition coefficient (Wildman–Crippen LogP) is 7.39. The second kappa shape index (κ2) is 11.8. The number of aromatic amines is 1. The molecule has 0 atom stereocenters. The van der Waals surface area contributed by atoms with Crippen molar-refractivity contribution >= 4 is 16.8 Å². The van der Waals surface area contributed by atoms with Crippen molar-refractivity contribution < 1.29 is 36.2 Å². The largest absolute Gasteiger partial charge is 0.430 e. The van der Waals surface area contributed by atoms with Crippen molar-refractivity contribution in [1.29, 1.82) is 0 Å². The number of halogens is 6. The molecule has 2 heterocycles. The number of alkyl halides is 6. The van der Waals surface area contributed by atoms with Crippen LogP contribution in [0.5, 0.6) is 0 Å². The van der Waals surface area contributed by atoms with E-state index in [1.807, 2.05) is 31.4 Å². The van der Waals surface area contributed by atoms with Crippen LogP contribution in [0.2, 0.25) is 0 Å². The quantitative estimate of drug-likeness (QED) is 0.179. The van der Waals surface area contributed by atoms with E-state index in [1.54, 1.807) is 26.1 Å². The highest BCUT2D eigenvalue weighted by Crippen LogP contribution is 2.50. The second-order valence-corrected chi connectivity index (χ2v) is 11.2. The lowest BCUT2D eigenvalue weighted by atomic mass is 9.89. The zero-order valence-corrected chi connectivity index (χ0v) is 24.8. The number of aliphatic hydroxyl groups is 1. The summed E-state index contributed by atoms with van der Waals surface area (Å²) in [6.07, 6.45) is -8.81. The first-order valence-corrected chi connectivity index (χ1v) is 14.0. The standard InChI is InChI=1S/C32H33F6N3O3/c1-6-7-21-14-18(4)40-29(43)26(21)16-39-28(42)24-15-25(23-12-13-41(17(2)3)27(23)19(24)5)20-8-10-22(11-9-20)30(44,31(33,34)35)32(36,37)38/h8-15,17,44H,6-7,16H2,1-5H3,(H,39,42)(H,40,43). The number of hydrogen-bond acceptors (Lipinski definition) is 3. The number of aryl methyl sites for hydroxylation is 3. The first kappa shape index (κ1) is 32.8. The number of carbonyl (C=O) groups excluding carboxylic acids is 1. The Hall–Kier alpha value is -4.06. The molecule has 44 heavy (non-hydrogen) atoms. The van der Waals surface area contributed by atoms with Crippen LogP contribution >= 0.6 is 0 Å². The molecule has 236 valence electrons. The topological polar surface area (TPSA) is 87.1 Å². The molecule has 3 N–H and O–H groups in total. The Morgan fingerprint density at radius 1 is 1.00 bits per heavy atom. The summed E-state index contributed by atoms with van der Waals surface area (Å²) in [5.74, 6) is -0.510. The Morgan fingerprint density at radius 2 is 1.61 bits per heavy atom. The number of benzene rings is 2. The van der Waals surface area contributed by atoms with E-state index >= 15 is 0 Å². The van der Waals surface area contributed by atoms with Gasteiger partial charge in [0.15, 0.2) is 0 Å². The summed E-state index contributed by atoms with van der Waals surface area (Å²) < 4.78 is 82.6. The molecule has 0 saturated carbocycles. The van der Waals surface area contributed by atoms with Gasteiger partial charge in [-0.2, -0.15) is 26.3 Å². The molecule has 0 spiro atoms. The smallest absolute Gasteiger partial charge is 0.369 e. The maximum absolute atomic E-state index is 13.6. The van der Waals surface area contributed by atoms with E-state index in [9.17, 15) is 41.0 Å². The van der Waals surface area contributed by atoms with E-state index in [0.717, 1.165) is 24.1 Å². The summed E-state index contributed by atoms with van der Waals surface area (Å²) in [5.41, 5.74) is -2.70. The molecule has 6 nitrogen and oxygen atoms in total. The van der Waals surface area contributed by atoms with Gasteiger partial charge in [0, 0.05) is 46.6 Å². The number of hydrogen-bond donors (Lipinski definition) is 3. The molecule has 4 aromatic rings. The molecule has 12 heteroatoms.